The smallest absolute Gasteiger partial charge is 0.326 e. The van der Waals surface area contributed by atoms with Gasteiger partial charge in [-0.15, -0.1) is 0 Å². The molecule has 0 unspecified atom stereocenters. The number of hydrogen-bond donors (Lipinski definition) is 3. The maximum absolute atomic E-state index is 11.6. The van der Waals surface area contributed by atoms with E-state index in [9.17, 15) is 9.59 Å². The van der Waals surface area contributed by atoms with E-state index in [4.69, 9.17) is 22.0 Å². The maximum Gasteiger partial charge on any atom is 0.326 e. The van der Waals surface area contributed by atoms with Crippen LogP contribution >= 0.6 is 11.6 Å². The Labute approximate surface area is 115 Å². The number of amides is 2. The summed E-state index contributed by atoms with van der Waals surface area (Å²) in [5.74, 6) is -1.11. The molecular formula is C12H12ClN3O3. The predicted octanol–water partition coefficient (Wildman–Crippen LogP) is 2.20. The van der Waals surface area contributed by atoms with Crippen LogP contribution < -0.4 is 10.6 Å². The van der Waals surface area contributed by atoms with Crippen molar-refractivity contribution in [2.24, 2.45) is 0 Å². The molecule has 2 amide bonds. The highest BCUT2D eigenvalue weighted by Gasteiger charge is 2.17. The highest BCUT2D eigenvalue weighted by Crippen LogP contribution is 2.22. The van der Waals surface area contributed by atoms with E-state index < -0.39 is 18.0 Å². The van der Waals surface area contributed by atoms with Crippen molar-refractivity contribution in [2.45, 2.75) is 19.4 Å². The SMILES string of the molecule is CC[C@@H](NC(=O)Nc1ccc(C#N)cc1Cl)C(=O)O. The second-order valence-electron chi connectivity index (χ2n) is 3.70. The van der Waals surface area contributed by atoms with Crippen molar-refractivity contribution < 1.29 is 14.7 Å². The van der Waals surface area contributed by atoms with Gasteiger partial charge in [-0.05, 0) is 24.6 Å². The normalized spacial score (nSPS) is 11.2. The van der Waals surface area contributed by atoms with Crippen LogP contribution in [0.1, 0.15) is 18.9 Å². The van der Waals surface area contributed by atoms with Gasteiger partial charge >= 0.3 is 12.0 Å². The van der Waals surface area contributed by atoms with Crippen molar-refractivity contribution >= 4 is 29.3 Å². The van der Waals surface area contributed by atoms with Crippen LogP contribution in [-0.2, 0) is 4.79 Å². The Morgan fingerprint density at radius 3 is 2.68 bits per heavy atom. The molecule has 0 aliphatic carbocycles. The number of carbonyl (C=O) groups is 2. The van der Waals surface area contributed by atoms with E-state index in [0.29, 0.717) is 11.3 Å². The van der Waals surface area contributed by atoms with Crippen molar-refractivity contribution in [3.05, 3.63) is 28.8 Å². The minimum absolute atomic E-state index is 0.206. The summed E-state index contributed by atoms with van der Waals surface area (Å²) in [4.78, 5) is 22.3. The van der Waals surface area contributed by atoms with Gasteiger partial charge in [0, 0.05) is 0 Å². The van der Waals surface area contributed by atoms with Gasteiger partial charge < -0.3 is 15.7 Å². The number of nitriles is 1. The van der Waals surface area contributed by atoms with E-state index in [2.05, 4.69) is 10.6 Å². The van der Waals surface area contributed by atoms with Crippen LogP contribution in [0.25, 0.3) is 0 Å². The minimum Gasteiger partial charge on any atom is -0.480 e. The lowest BCUT2D eigenvalue weighted by molar-refractivity contribution is -0.139. The summed E-state index contributed by atoms with van der Waals surface area (Å²) >= 11 is 5.88. The molecule has 100 valence electrons. The lowest BCUT2D eigenvalue weighted by Crippen LogP contribution is -2.42. The van der Waals surface area contributed by atoms with Gasteiger partial charge in [-0.25, -0.2) is 9.59 Å². The van der Waals surface area contributed by atoms with Crippen molar-refractivity contribution in [3.63, 3.8) is 0 Å². The van der Waals surface area contributed by atoms with Gasteiger partial charge in [-0.2, -0.15) is 5.26 Å². The summed E-state index contributed by atoms with van der Waals surface area (Å²) in [5.41, 5.74) is 0.673. The van der Waals surface area contributed by atoms with Crippen LogP contribution in [0.15, 0.2) is 18.2 Å². The first-order valence-electron chi connectivity index (χ1n) is 5.48. The number of anilines is 1. The Morgan fingerprint density at radius 1 is 1.53 bits per heavy atom. The third kappa shape index (κ3) is 4.16. The lowest BCUT2D eigenvalue weighted by atomic mass is 10.2. The number of aliphatic carboxylic acids is 1. The first-order valence-corrected chi connectivity index (χ1v) is 5.85. The maximum atomic E-state index is 11.6. The molecule has 0 aromatic heterocycles. The molecule has 1 aromatic rings. The van der Waals surface area contributed by atoms with Crippen molar-refractivity contribution in [1.82, 2.24) is 5.32 Å². The largest absolute Gasteiger partial charge is 0.480 e. The van der Waals surface area contributed by atoms with E-state index in [1.165, 1.54) is 18.2 Å². The average Bonchev–Trinajstić information content (AvgIpc) is 2.37. The van der Waals surface area contributed by atoms with E-state index >= 15 is 0 Å². The molecule has 0 fully saturated rings. The monoisotopic (exact) mass is 281 g/mol. The standard InChI is InChI=1S/C12H12ClN3O3/c1-2-9(11(17)18)15-12(19)16-10-4-3-7(6-14)5-8(10)13/h3-5,9H,2H2,1H3,(H,17,18)(H2,15,16,19)/t9-/m1/s1. The van der Waals surface area contributed by atoms with E-state index in [1.807, 2.05) is 6.07 Å². The number of carboxylic acid groups (broad SMARTS) is 1. The number of halogens is 1. The Hall–Kier alpha value is -2.26. The minimum atomic E-state index is -1.11. The van der Waals surface area contributed by atoms with Crippen LogP contribution in [-0.4, -0.2) is 23.1 Å². The number of urea groups is 1. The number of benzene rings is 1. The summed E-state index contributed by atoms with van der Waals surface area (Å²) in [6.07, 6.45) is 0.268. The molecule has 0 spiro atoms. The third-order valence-corrected chi connectivity index (χ3v) is 2.67. The molecule has 0 bridgehead atoms. The summed E-state index contributed by atoms with van der Waals surface area (Å²) in [6, 6.07) is 4.67. The second-order valence-corrected chi connectivity index (χ2v) is 4.11. The van der Waals surface area contributed by atoms with Gasteiger partial charge in [0.15, 0.2) is 0 Å². The topological polar surface area (TPSA) is 102 Å². The Balaban J connectivity index is 2.72. The molecule has 7 heteroatoms. The zero-order valence-corrected chi connectivity index (χ0v) is 10.9. The zero-order chi connectivity index (χ0) is 14.4. The summed E-state index contributed by atoms with van der Waals surface area (Å²) in [6.45, 7) is 1.65. The number of carbonyl (C=O) groups excluding carboxylic acids is 1. The van der Waals surface area contributed by atoms with E-state index in [0.717, 1.165) is 0 Å². The molecule has 19 heavy (non-hydrogen) atoms. The molecular weight excluding hydrogens is 270 g/mol. The fourth-order valence-corrected chi connectivity index (χ4v) is 1.57. The van der Waals surface area contributed by atoms with Gasteiger partial charge in [0.2, 0.25) is 0 Å². The second kappa shape index (κ2) is 6.61. The summed E-state index contributed by atoms with van der Waals surface area (Å²) < 4.78 is 0. The fourth-order valence-electron chi connectivity index (χ4n) is 1.34. The van der Waals surface area contributed by atoms with Crippen molar-refractivity contribution in [3.8, 4) is 6.07 Å². The number of rotatable bonds is 4. The Morgan fingerprint density at radius 2 is 2.21 bits per heavy atom. The average molecular weight is 282 g/mol. The molecule has 3 N–H and O–H groups in total. The molecule has 1 rings (SSSR count). The fraction of sp³-hybridized carbons (Fsp3) is 0.250. The van der Waals surface area contributed by atoms with Gasteiger partial charge in [0.05, 0.1) is 22.3 Å². The molecule has 0 aliphatic heterocycles. The lowest BCUT2D eigenvalue weighted by Gasteiger charge is -2.13. The number of carboxylic acids is 1. The molecule has 0 saturated heterocycles. The number of hydrogen-bond acceptors (Lipinski definition) is 3. The van der Waals surface area contributed by atoms with Crippen molar-refractivity contribution in [2.75, 3.05) is 5.32 Å². The van der Waals surface area contributed by atoms with Gasteiger partial charge in [0.25, 0.3) is 0 Å². The van der Waals surface area contributed by atoms with E-state index in [1.54, 1.807) is 6.92 Å². The zero-order valence-electron chi connectivity index (χ0n) is 10.1. The highest BCUT2D eigenvalue weighted by molar-refractivity contribution is 6.33. The molecule has 1 aromatic carbocycles. The van der Waals surface area contributed by atoms with E-state index in [-0.39, 0.29) is 11.4 Å². The molecule has 1 atom stereocenters. The first kappa shape index (κ1) is 14.8. The van der Waals surface area contributed by atoms with Gasteiger partial charge in [-0.3, -0.25) is 0 Å². The molecule has 0 saturated carbocycles. The first-order chi connectivity index (χ1) is 8.97. The van der Waals surface area contributed by atoms with Crippen LogP contribution in [0.5, 0.6) is 0 Å². The predicted molar refractivity (Wildman–Crippen MR) is 70.0 cm³/mol. The number of nitrogens with one attached hydrogen (secondary N) is 2. The van der Waals surface area contributed by atoms with Crippen LogP contribution in [0.2, 0.25) is 5.02 Å². The summed E-state index contributed by atoms with van der Waals surface area (Å²) in [7, 11) is 0. The highest BCUT2D eigenvalue weighted by atomic mass is 35.5. The Bertz CT molecular complexity index is 540. The quantitative estimate of drug-likeness (QED) is 0.787. The third-order valence-electron chi connectivity index (χ3n) is 2.36. The molecule has 0 aliphatic rings. The van der Waals surface area contributed by atoms with Gasteiger partial charge in [0.1, 0.15) is 6.04 Å². The van der Waals surface area contributed by atoms with Crippen LogP contribution in [0.3, 0.4) is 0 Å². The van der Waals surface area contributed by atoms with Crippen LogP contribution in [0, 0.1) is 11.3 Å². The van der Waals surface area contributed by atoms with Gasteiger partial charge in [-0.1, -0.05) is 18.5 Å². The number of nitrogens with zero attached hydrogens (tertiary/aromatic N) is 1. The van der Waals surface area contributed by atoms with Crippen molar-refractivity contribution in [1.29, 1.82) is 5.26 Å². The Kier molecular flexibility index (Phi) is 5.15. The molecule has 6 nitrogen and oxygen atoms in total. The summed E-state index contributed by atoms with van der Waals surface area (Å²) in [5, 5.41) is 22.4. The van der Waals surface area contributed by atoms with Crippen LogP contribution in [0.4, 0.5) is 10.5 Å². The molecule has 0 heterocycles. The molecule has 0 radical (unpaired) electrons.